The average molecular weight is 722 g/mol. The quantitative estimate of drug-likeness (QED) is 0.191. The van der Waals surface area contributed by atoms with Crippen LogP contribution in [0.15, 0.2) is 69.6 Å². The van der Waals surface area contributed by atoms with Crippen molar-refractivity contribution in [2.75, 3.05) is 23.8 Å². The minimum Gasteiger partial charge on any atom is -0.481 e. The summed E-state index contributed by atoms with van der Waals surface area (Å²) < 4.78 is 12.2. The summed E-state index contributed by atoms with van der Waals surface area (Å²) in [5.41, 5.74) is 1.09. The smallest absolute Gasteiger partial charge is 0.262 e. The number of carbonyl (C=O) groups is 2. The maximum atomic E-state index is 12.6. The van der Waals surface area contributed by atoms with Crippen molar-refractivity contribution in [3.63, 3.8) is 0 Å². The van der Waals surface area contributed by atoms with E-state index >= 15 is 0 Å². The number of fused-ring (bicyclic) bond motifs is 1. The van der Waals surface area contributed by atoms with E-state index in [4.69, 9.17) is 55.9 Å². The van der Waals surface area contributed by atoms with Gasteiger partial charge in [-0.1, -0.05) is 70.7 Å². The zero-order valence-electron chi connectivity index (χ0n) is 19.1. The standard InChI is InChI=1S/C26H16Br2Cl4N2O4/c27-17-7-13(29)9-19(31)25(17)37-11-23(35)33-21-5-1-3-15-16(21)4-2-6-22(15)34-24(36)12-38-26-18(28)8-14(30)10-20(26)32/h1-10H,11-12H2,(H,33,35)(H,34,36). The lowest BCUT2D eigenvalue weighted by Gasteiger charge is -2.14. The van der Waals surface area contributed by atoms with E-state index in [1.54, 1.807) is 36.4 Å². The Labute approximate surface area is 254 Å². The number of hydrogen-bond donors (Lipinski definition) is 2. The van der Waals surface area contributed by atoms with Crippen LogP contribution in [0.25, 0.3) is 10.8 Å². The molecule has 0 saturated carbocycles. The molecule has 4 aromatic carbocycles. The number of hydrogen-bond acceptors (Lipinski definition) is 4. The molecule has 4 rings (SSSR count). The SMILES string of the molecule is O=C(COc1c(Cl)cc(Cl)cc1Br)Nc1cccc2c(NC(=O)COc3c(Cl)cc(Cl)cc3Br)cccc12. The van der Waals surface area contributed by atoms with E-state index in [0.29, 0.717) is 52.6 Å². The molecule has 0 aliphatic carbocycles. The van der Waals surface area contributed by atoms with Gasteiger partial charge in [0.25, 0.3) is 11.8 Å². The summed E-state index contributed by atoms with van der Waals surface area (Å²) in [6.07, 6.45) is 0. The largest absolute Gasteiger partial charge is 0.481 e. The maximum absolute atomic E-state index is 12.6. The Kier molecular flexibility index (Phi) is 9.68. The van der Waals surface area contributed by atoms with Crippen LogP contribution in [-0.4, -0.2) is 25.0 Å². The summed E-state index contributed by atoms with van der Waals surface area (Å²) in [5, 5.41) is 8.52. The van der Waals surface area contributed by atoms with Gasteiger partial charge in [0.15, 0.2) is 24.7 Å². The first-order valence-corrected chi connectivity index (χ1v) is 13.9. The van der Waals surface area contributed by atoms with E-state index in [1.807, 2.05) is 12.1 Å². The van der Waals surface area contributed by atoms with Crippen LogP contribution in [0.4, 0.5) is 11.4 Å². The van der Waals surface area contributed by atoms with Crippen molar-refractivity contribution in [3.05, 3.63) is 89.7 Å². The lowest BCUT2D eigenvalue weighted by Crippen LogP contribution is -2.21. The summed E-state index contributed by atoms with van der Waals surface area (Å²) in [5.74, 6) is -0.182. The number of carbonyl (C=O) groups excluding carboxylic acids is 2. The van der Waals surface area contributed by atoms with E-state index in [0.717, 1.165) is 0 Å². The predicted molar refractivity (Wildman–Crippen MR) is 161 cm³/mol. The van der Waals surface area contributed by atoms with Crippen molar-refractivity contribution in [1.82, 2.24) is 0 Å². The molecule has 0 spiro atoms. The summed E-state index contributed by atoms with van der Waals surface area (Å²) in [7, 11) is 0. The van der Waals surface area contributed by atoms with Gasteiger partial charge in [-0.15, -0.1) is 0 Å². The summed E-state index contributed by atoms with van der Waals surface area (Å²) in [4.78, 5) is 25.3. The average Bonchev–Trinajstić information content (AvgIpc) is 2.83. The molecular formula is C26H16Br2Cl4N2O4. The number of ether oxygens (including phenoxy) is 2. The van der Waals surface area contributed by atoms with Crippen molar-refractivity contribution in [1.29, 1.82) is 0 Å². The first kappa shape index (κ1) is 28.8. The second-order valence-electron chi connectivity index (χ2n) is 7.78. The maximum Gasteiger partial charge on any atom is 0.262 e. The molecular weight excluding hydrogens is 706 g/mol. The Morgan fingerprint density at radius 2 is 1.05 bits per heavy atom. The van der Waals surface area contributed by atoms with Crippen molar-refractivity contribution < 1.29 is 19.1 Å². The molecule has 0 unspecified atom stereocenters. The fraction of sp³-hybridized carbons (Fsp3) is 0.0769. The van der Waals surface area contributed by atoms with Crippen molar-refractivity contribution in [3.8, 4) is 11.5 Å². The number of halogens is 6. The third-order valence-corrected chi connectivity index (χ3v) is 7.27. The molecule has 38 heavy (non-hydrogen) atoms. The van der Waals surface area contributed by atoms with Crippen molar-refractivity contribution >= 4 is 112 Å². The molecule has 0 bridgehead atoms. The molecule has 0 aliphatic rings. The highest BCUT2D eigenvalue weighted by atomic mass is 79.9. The third-order valence-electron chi connectivity index (χ3n) is 5.09. The van der Waals surface area contributed by atoms with E-state index < -0.39 is 11.8 Å². The topological polar surface area (TPSA) is 76.7 Å². The number of benzene rings is 4. The molecule has 0 fully saturated rings. The van der Waals surface area contributed by atoms with Gasteiger partial charge in [-0.3, -0.25) is 9.59 Å². The zero-order chi connectivity index (χ0) is 27.4. The normalized spacial score (nSPS) is 10.8. The van der Waals surface area contributed by atoms with Crippen molar-refractivity contribution in [2.45, 2.75) is 0 Å². The van der Waals surface area contributed by atoms with Crippen LogP contribution in [-0.2, 0) is 9.59 Å². The van der Waals surface area contributed by atoms with Crippen LogP contribution < -0.4 is 20.1 Å². The molecule has 2 N–H and O–H groups in total. The van der Waals surface area contributed by atoms with Gasteiger partial charge in [-0.25, -0.2) is 0 Å². The minimum absolute atomic E-state index is 0.275. The highest BCUT2D eigenvalue weighted by Crippen LogP contribution is 2.37. The molecule has 6 nitrogen and oxygen atoms in total. The summed E-state index contributed by atoms with van der Waals surface area (Å²) in [6.45, 7) is -0.570. The molecule has 0 atom stereocenters. The first-order chi connectivity index (χ1) is 18.1. The Hall–Kier alpha value is -2.20. The second kappa shape index (κ2) is 12.8. The summed E-state index contributed by atoms with van der Waals surface area (Å²) >= 11 is 30.9. The zero-order valence-corrected chi connectivity index (χ0v) is 25.3. The van der Waals surface area contributed by atoms with E-state index in [-0.39, 0.29) is 23.3 Å². The monoisotopic (exact) mass is 718 g/mol. The van der Waals surface area contributed by atoms with E-state index in [1.165, 1.54) is 12.1 Å². The van der Waals surface area contributed by atoms with Crippen LogP contribution in [0.3, 0.4) is 0 Å². The van der Waals surface area contributed by atoms with Crippen LogP contribution in [0.2, 0.25) is 20.1 Å². The Bertz CT molecular complexity index is 1390. The molecule has 0 aliphatic heterocycles. The van der Waals surface area contributed by atoms with Crippen LogP contribution >= 0.6 is 78.3 Å². The minimum atomic E-state index is -0.399. The van der Waals surface area contributed by atoms with Gasteiger partial charge in [-0.2, -0.15) is 0 Å². The molecule has 196 valence electrons. The van der Waals surface area contributed by atoms with Gasteiger partial charge in [0.05, 0.1) is 19.0 Å². The van der Waals surface area contributed by atoms with Crippen molar-refractivity contribution in [2.24, 2.45) is 0 Å². The molecule has 0 radical (unpaired) electrons. The fourth-order valence-corrected chi connectivity index (χ4v) is 6.25. The Morgan fingerprint density at radius 3 is 1.42 bits per heavy atom. The lowest BCUT2D eigenvalue weighted by atomic mass is 10.1. The number of nitrogens with one attached hydrogen (secondary N) is 2. The Morgan fingerprint density at radius 1 is 0.658 bits per heavy atom. The second-order valence-corrected chi connectivity index (χ2v) is 11.2. The van der Waals surface area contributed by atoms with Gasteiger partial charge < -0.3 is 20.1 Å². The van der Waals surface area contributed by atoms with Gasteiger partial charge in [0.2, 0.25) is 0 Å². The Balaban J connectivity index is 1.44. The predicted octanol–water partition coefficient (Wildman–Crippen LogP) is 9.01. The van der Waals surface area contributed by atoms with Gasteiger partial charge in [-0.05, 0) is 68.3 Å². The molecule has 4 aromatic rings. The van der Waals surface area contributed by atoms with Gasteiger partial charge >= 0.3 is 0 Å². The van der Waals surface area contributed by atoms with E-state index in [2.05, 4.69) is 42.5 Å². The molecule has 0 aromatic heterocycles. The van der Waals surface area contributed by atoms with Gasteiger partial charge in [0.1, 0.15) is 0 Å². The first-order valence-electron chi connectivity index (χ1n) is 10.8. The number of amides is 2. The lowest BCUT2D eigenvalue weighted by molar-refractivity contribution is -0.118. The van der Waals surface area contributed by atoms with Crippen LogP contribution in [0.1, 0.15) is 0 Å². The third kappa shape index (κ3) is 7.05. The van der Waals surface area contributed by atoms with Crippen LogP contribution in [0, 0.1) is 0 Å². The highest BCUT2D eigenvalue weighted by Gasteiger charge is 2.15. The highest BCUT2D eigenvalue weighted by molar-refractivity contribution is 9.11. The van der Waals surface area contributed by atoms with E-state index in [9.17, 15) is 9.59 Å². The molecule has 12 heteroatoms. The number of rotatable bonds is 8. The van der Waals surface area contributed by atoms with Crippen LogP contribution in [0.5, 0.6) is 11.5 Å². The summed E-state index contributed by atoms with van der Waals surface area (Å²) in [6, 6.07) is 17.0. The molecule has 0 saturated heterocycles. The number of anilines is 2. The van der Waals surface area contributed by atoms with Gasteiger partial charge in [0, 0.05) is 32.2 Å². The molecule has 0 heterocycles. The molecule has 2 amide bonds. The fourth-order valence-electron chi connectivity index (χ4n) is 3.51.